The molecule has 0 aliphatic carbocycles. The molecule has 4 aromatic rings. The Labute approximate surface area is 191 Å². The van der Waals surface area contributed by atoms with Gasteiger partial charge in [0.05, 0.1) is 13.3 Å². The number of rotatable bonds is 6. The van der Waals surface area contributed by atoms with Crippen LogP contribution in [-0.4, -0.2) is 25.1 Å². The maximum absolute atomic E-state index is 12.5. The molecule has 0 aliphatic heterocycles. The predicted molar refractivity (Wildman–Crippen MR) is 131 cm³/mol. The first kappa shape index (κ1) is 21.8. The van der Waals surface area contributed by atoms with E-state index < -0.39 is 0 Å². The van der Waals surface area contributed by atoms with Gasteiger partial charge >= 0.3 is 0 Å². The molecular weight excluding hydrogens is 414 g/mol. The van der Waals surface area contributed by atoms with E-state index in [1.807, 2.05) is 61.5 Å². The maximum atomic E-state index is 12.5. The number of benzene rings is 4. The van der Waals surface area contributed by atoms with E-state index in [4.69, 9.17) is 4.74 Å². The summed E-state index contributed by atoms with van der Waals surface area (Å²) in [7, 11) is 1.63. The van der Waals surface area contributed by atoms with Crippen molar-refractivity contribution in [2.24, 2.45) is 5.10 Å². The van der Waals surface area contributed by atoms with E-state index in [0.29, 0.717) is 16.8 Å². The lowest BCUT2D eigenvalue weighted by molar-refractivity contribution is 0.0954. The standard InChI is InChI=1S/C27H23N3O3/c1-18-7-3-4-8-22(18)27(32)29-21-14-11-19(12-15-21)26(31)30-28-17-20-13-16-25(33-2)24-10-6-5-9-23(20)24/h3-17H,1-2H3,(H,29,32)(H,30,31)/b28-17+. The molecule has 0 bridgehead atoms. The summed E-state index contributed by atoms with van der Waals surface area (Å²) in [6.45, 7) is 1.89. The number of carbonyl (C=O) groups is 2. The van der Waals surface area contributed by atoms with E-state index in [9.17, 15) is 9.59 Å². The topological polar surface area (TPSA) is 79.8 Å². The van der Waals surface area contributed by atoms with Crippen LogP contribution in [0.25, 0.3) is 10.8 Å². The monoisotopic (exact) mass is 437 g/mol. The number of nitrogens with zero attached hydrogens (tertiary/aromatic N) is 1. The van der Waals surface area contributed by atoms with Crippen LogP contribution in [0.15, 0.2) is 90.0 Å². The Morgan fingerprint density at radius 1 is 0.818 bits per heavy atom. The molecule has 4 rings (SSSR count). The summed E-state index contributed by atoms with van der Waals surface area (Å²) in [6, 6.07) is 25.6. The number of amides is 2. The lowest BCUT2D eigenvalue weighted by atomic mass is 10.0. The molecule has 0 unspecified atom stereocenters. The van der Waals surface area contributed by atoms with Crippen molar-refractivity contribution in [2.75, 3.05) is 12.4 Å². The molecule has 0 fully saturated rings. The smallest absolute Gasteiger partial charge is 0.271 e. The SMILES string of the molecule is COc1ccc(/C=N/NC(=O)c2ccc(NC(=O)c3ccccc3C)cc2)c2ccccc12. The average Bonchev–Trinajstić information content (AvgIpc) is 2.84. The zero-order chi connectivity index (χ0) is 23.2. The third kappa shape index (κ3) is 4.91. The highest BCUT2D eigenvalue weighted by atomic mass is 16.5. The minimum Gasteiger partial charge on any atom is -0.496 e. The first-order valence-electron chi connectivity index (χ1n) is 10.4. The third-order valence-corrected chi connectivity index (χ3v) is 5.30. The number of hydrazone groups is 1. The van der Waals surface area contributed by atoms with Gasteiger partial charge in [-0.1, -0.05) is 42.5 Å². The second-order valence-electron chi connectivity index (χ2n) is 7.45. The van der Waals surface area contributed by atoms with E-state index >= 15 is 0 Å². The van der Waals surface area contributed by atoms with Crippen LogP contribution in [-0.2, 0) is 0 Å². The van der Waals surface area contributed by atoms with E-state index in [1.165, 1.54) is 0 Å². The first-order valence-corrected chi connectivity index (χ1v) is 10.4. The van der Waals surface area contributed by atoms with E-state index in [-0.39, 0.29) is 11.8 Å². The highest BCUT2D eigenvalue weighted by Gasteiger charge is 2.10. The van der Waals surface area contributed by atoms with Crippen molar-refractivity contribution < 1.29 is 14.3 Å². The van der Waals surface area contributed by atoms with Crippen molar-refractivity contribution in [1.82, 2.24) is 5.43 Å². The van der Waals surface area contributed by atoms with Gasteiger partial charge in [0, 0.05) is 27.8 Å². The number of fused-ring (bicyclic) bond motifs is 1. The van der Waals surface area contributed by atoms with Crippen molar-refractivity contribution in [3.8, 4) is 5.75 Å². The number of anilines is 1. The molecule has 2 amide bonds. The zero-order valence-electron chi connectivity index (χ0n) is 18.3. The van der Waals surface area contributed by atoms with E-state index in [2.05, 4.69) is 15.8 Å². The van der Waals surface area contributed by atoms with Crippen LogP contribution in [0.4, 0.5) is 5.69 Å². The van der Waals surface area contributed by atoms with Gasteiger partial charge in [-0.05, 0) is 60.3 Å². The van der Waals surface area contributed by atoms with Crippen molar-refractivity contribution in [3.05, 3.63) is 107 Å². The molecule has 33 heavy (non-hydrogen) atoms. The number of hydrogen-bond acceptors (Lipinski definition) is 4. The van der Waals surface area contributed by atoms with Crippen LogP contribution >= 0.6 is 0 Å². The molecule has 164 valence electrons. The summed E-state index contributed by atoms with van der Waals surface area (Å²) >= 11 is 0. The van der Waals surface area contributed by atoms with E-state index in [1.54, 1.807) is 43.7 Å². The molecule has 0 saturated heterocycles. The quantitative estimate of drug-likeness (QED) is 0.322. The Kier molecular flexibility index (Phi) is 6.45. The predicted octanol–water partition coefficient (Wildman–Crippen LogP) is 5.17. The molecule has 0 aliphatic rings. The summed E-state index contributed by atoms with van der Waals surface area (Å²) < 4.78 is 5.41. The molecule has 2 N–H and O–H groups in total. The molecule has 0 saturated carbocycles. The Balaban J connectivity index is 1.41. The number of hydrogen-bond donors (Lipinski definition) is 2. The molecule has 0 spiro atoms. The van der Waals surface area contributed by atoms with Gasteiger partial charge < -0.3 is 10.1 Å². The van der Waals surface area contributed by atoms with Crippen molar-refractivity contribution in [3.63, 3.8) is 0 Å². The van der Waals surface area contributed by atoms with Crippen LogP contribution in [0.1, 0.15) is 31.8 Å². The summed E-state index contributed by atoms with van der Waals surface area (Å²) in [5, 5.41) is 8.90. The van der Waals surface area contributed by atoms with Crippen molar-refractivity contribution in [1.29, 1.82) is 0 Å². The molecule has 0 heterocycles. The van der Waals surface area contributed by atoms with Gasteiger partial charge in [-0.3, -0.25) is 9.59 Å². The number of aryl methyl sites for hydroxylation is 1. The Bertz CT molecular complexity index is 1340. The van der Waals surface area contributed by atoms with Crippen LogP contribution < -0.4 is 15.5 Å². The molecule has 0 aromatic heterocycles. The third-order valence-electron chi connectivity index (χ3n) is 5.30. The molecule has 0 radical (unpaired) electrons. The largest absolute Gasteiger partial charge is 0.496 e. The second kappa shape index (κ2) is 9.78. The van der Waals surface area contributed by atoms with E-state index in [0.717, 1.165) is 27.6 Å². The van der Waals surface area contributed by atoms with Gasteiger partial charge in [-0.2, -0.15) is 5.10 Å². The molecule has 4 aromatic carbocycles. The van der Waals surface area contributed by atoms with Gasteiger partial charge in [-0.25, -0.2) is 5.43 Å². The Morgan fingerprint density at radius 3 is 2.24 bits per heavy atom. The normalized spacial score (nSPS) is 10.8. The highest BCUT2D eigenvalue weighted by Crippen LogP contribution is 2.27. The van der Waals surface area contributed by atoms with Crippen LogP contribution in [0.2, 0.25) is 0 Å². The number of methoxy groups -OCH3 is 1. The summed E-state index contributed by atoms with van der Waals surface area (Å²) in [5.74, 6) is 0.240. The molecule has 6 heteroatoms. The summed E-state index contributed by atoms with van der Waals surface area (Å²) in [4.78, 5) is 24.9. The Morgan fingerprint density at radius 2 is 1.52 bits per heavy atom. The summed E-state index contributed by atoms with van der Waals surface area (Å²) in [5.41, 5.74) is 5.95. The number of carbonyl (C=O) groups excluding carboxylic acids is 2. The van der Waals surface area contributed by atoms with Crippen LogP contribution in [0.3, 0.4) is 0 Å². The molecule has 6 nitrogen and oxygen atoms in total. The van der Waals surface area contributed by atoms with Gasteiger partial charge in [0.1, 0.15) is 5.75 Å². The maximum Gasteiger partial charge on any atom is 0.271 e. The first-order chi connectivity index (χ1) is 16.1. The summed E-state index contributed by atoms with van der Waals surface area (Å²) in [6.07, 6.45) is 1.61. The van der Waals surface area contributed by atoms with Crippen LogP contribution in [0.5, 0.6) is 5.75 Å². The fourth-order valence-corrected chi connectivity index (χ4v) is 3.54. The van der Waals surface area contributed by atoms with Crippen molar-refractivity contribution >= 4 is 34.5 Å². The van der Waals surface area contributed by atoms with Gasteiger partial charge in [0.25, 0.3) is 11.8 Å². The van der Waals surface area contributed by atoms with Gasteiger partial charge in [-0.15, -0.1) is 0 Å². The fraction of sp³-hybridized carbons (Fsp3) is 0.0741. The minimum absolute atomic E-state index is 0.193. The van der Waals surface area contributed by atoms with Crippen LogP contribution in [0, 0.1) is 6.92 Å². The lowest BCUT2D eigenvalue weighted by Crippen LogP contribution is -2.18. The molecular formula is C27H23N3O3. The lowest BCUT2D eigenvalue weighted by Gasteiger charge is -2.08. The average molecular weight is 437 g/mol. The van der Waals surface area contributed by atoms with Gasteiger partial charge in [0.2, 0.25) is 0 Å². The van der Waals surface area contributed by atoms with Gasteiger partial charge in [0.15, 0.2) is 0 Å². The zero-order valence-corrected chi connectivity index (χ0v) is 18.3. The number of nitrogens with one attached hydrogen (secondary N) is 2. The van der Waals surface area contributed by atoms with Crippen molar-refractivity contribution in [2.45, 2.75) is 6.92 Å². The fourth-order valence-electron chi connectivity index (χ4n) is 3.54. The number of ether oxygens (including phenoxy) is 1. The highest BCUT2D eigenvalue weighted by molar-refractivity contribution is 6.06. The molecule has 0 atom stereocenters. The Hall–Kier alpha value is -4.45. The second-order valence-corrected chi connectivity index (χ2v) is 7.45. The minimum atomic E-state index is -0.346.